The van der Waals surface area contributed by atoms with Crippen molar-refractivity contribution in [2.75, 3.05) is 5.75 Å². The van der Waals surface area contributed by atoms with Crippen molar-refractivity contribution in [2.45, 2.75) is 64.4 Å². The molecule has 30 heavy (non-hydrogen) atoms. The Labute approximate surface area is 185 Å². The lowest BCUT2D eigenvalue weighted by atomic mass is 10.1. The van der Waals surface area contributed by atoms with E-state index in [9.17, 15) is 9.59 Å². The quantitative estimate of drug-likeness (QED) is 0.484. The maximum absolute atomic E-state index is 13.2. The molecular weight excluding hydrogens is 392 g/mol. The maximum Gasteiger partial charge on any atom is 0.243 e. The van der Waals surface area contributed by atoms with Gasteiger partial charge in [-0.05, 0) is 30.9 Å². The third-order valence-corrected chi connectivity index (χ3v) is 6.18. The van der Waals surface area contributed by atoms with Crippen molar-refractivity contribution in [2.24, 2.45) is 0 Å². The number of carbonyl (C=O) groups excluding carboxylic acids is 2. The number of hydrogen-bond donors (Lipinski definition) is 1. The largest absolute Gasteiger partial charge is 0.352 e. The number of thioether (sulfide) groups is 1. The lowest BCUT2D eigenvalue weighted by molar-refractivity contribution is -0.141. The van der Waals surface area contributed by atoms with Crippen LogP contribution in [0.2, 0.25) is 0 Å². The van der Waals surface area contributed by atoms with Gasteiger partial charge in [-0.15, -0.1) is 0 Å². The normalized spacial score (nSPS) is 12.8. The maximum atomic E-state index is 13.2. The second-order valence-corrected chi connectivity index (χ2v) is 8.64. The van der Waals surface area contributed by atoms with Gasteiger partial charge in [-0.2, -0.15) is 11.8 Å². The van der Waals surface area contributed by atoms with E-state index in [0.29, 0.717) is 19.4 Å². The standard InChI is InChI=1S/C25H34N2O2S/c1-4-20(3)26-25(29)23(5-2)27(18-21-12-8-6-9-13-21)24(28)16-17-30-19-22-14-10-7-11-15-22/h6-15,20,23H,4-5,16-19H2,1-3H3,(H,26,29). The fraction of sp³-hybridized carbons (Fsp3) is 0.440. The van der Waals surface area contributed by atoms with Crippen LogP contribution in [0.1, 0.15) is 51.2 Å². The second-order valence-electron chi connectivity index (χ2n) is 7.54. The fourth-order valence-corrected chi connectivity index (χ4v) is 4.10. The van der Waals surface area contributed by atoms with Crippen molar-refractivity contribution in [3.05, 3.63) is 71.8 Å². The zero-order valence-corrected chi connectivity index (χ0v) is 19.2. The molecule has 1 N–H and O–H groups in total. The minimum atomic E-state index is -0.453. The first-order chi connectivity index (χ1) is 14.5. The predicted octanol–water partition coefficient (Wildman–Crippen LogP) is 5.03. The van der Waals surface area contributed by atoms with Gasteiger partial charge < -0.3 is 10.2 Å². The van der Waals surface area contributed by atoms with Gasteiger partial charge in [0.15, 0.2) is 0 Å². The van der Waals surface area contributed by atoms with Gasteiger partial charge in [0.2, 0.25) is 11.8 Å². The molecule has 0 radical (unpaired) electrons. The Balaban J connectivity index is 2.03. The molecule has 2 atom stereocenters. The summed E-state index contributed by atoms with van der Waals surface area (Å²) in [6, 6.07) is 19.8. The highest BCUT2D eigenvalue weighted by Gasteiger charge is 2.28. The number of nitrogens with one attached hydrogen (secondary N) is 1. The Hall–Kier alpha value is -2.27. The number of nitrogens with zero attached hydrogens (tertiary/aromatic N) is 1. The molecule has 2 aromatic rings. The van der Waals surface area contributed by atoms with Crippen molar-refractivity contribution in [1.82, 2.24) is 10.2 Å². The SMILES string of the molecule is CCC(C)NC(=O)C(CC)N(Cc1ccccc1)C(=O)CCSCc1ccccc1. The summed E-state index contributed by atoms with van der Waals surface area (Å²) >= 11 is 1.75. The first-order valence-corrected chi connectivity index (χ1v) is 12.0. The molecule has 0 aliphatic carbocycles. The van der Waals surface area contributed by atoms with E-state index in [2.05, 4.69) is 17.4 Å². The average Bonchev–Trinajstić information content (AvgIpc) is 2.77. The average molecular weight is 427 g/mol. The van der Waals surface area contributed by atoms with E-state index in [4.69, 9.17) is 0 Å². The predicted molar refractivity (Wildman–Crippen MR) is 126 cm³/mol. The molecule has 0 heterocycles. The third kappa shape index (κ3) is 7.86. The smallest absolute Gasteiger partial charge is 0.243 e. The number of hydrogen-bond acceptors (Lipinski definition) is 3. The van der Waals surface area contributed by atoms with Gasteiger partial charge in [0, 0.05) is 30.5 Å². The van der Waals surface area contributed by atoms with Gasteiger partial charge in [-0.3, -0.25) is 9.59 Å². The molecule has 0 saturated carbocycles. The first kappa shape index (κ1) is 24.0. The molecule has 2 rings (SSSR count). The van der Waals surface area contributed by atoms with E-state index in [0.717, 1.165) is 23.5 Å². The molecule has 0 saturated heterocycles. The topological polar surface area (TPSA) is 49.4 Å². The molecule has 0 aliphatic rings. The summed E-state index contributed by atoms with van der Waals surface area (Å²) in [5, 5.41) is 3.05. The van der Waals surface area contributed by atoms with Crippen LogP contribution in [0.15, 0.2) is 60.7 Å². The zero-order chi connectivity index (χ0) is 21.8. The molecule has 0 aromatic heterocycles. The van der Waals surface area contributed by atoms with E-state index in [1.165, 1.54) is 5.56 Å². The van der Waals surface area contributed by atoms with Crippen LogP contribution in [0.3, 0.4) is 0 Å². The summed E-state index contributed by atoms with van der Waals surface area (Å²) in [4.78, 5) is 27.8. The Morgan fingerprint density at radius 1 is 0.933 bits per heavy atom. The van der Waals surface area contributed by atoms with Crippen LogP contribution in [0.5, 0.6) is 0 Å². The second kappa shape index (κ2) is 13.1. The number of rotatable bonds is 12. The van der Waals surface area contributed by atoms with Crippen LogP contribution in [-0.4, -0.2) is 34.6 Å². The van der Waals surface area contributed by atoms with Crippen molar-refractivity contribution < 1.29 is 9.59 Å². The van der Waals surface area contributed by atoms with Crippen LogP contribution < -0.4 is 5.32 Å². The highest BCUT2D eigenvalue weighted by Crippen LogP contribution is 2.17. The van der Waals surface area contributed by atoms with Crippen LogP contribution in [0.25, 0.3) is 0 Å². The molecule has 2 aromatic carbocycles. The number of carbonyl (C=O) groups is 2. The minimum Gasteiger partial charge on any atom is -0.352 e. The van der Waals surface area contributed by atoms with Crippen LogP contribution in [0, 0.1) is 0 Å². The third-order valence-electron chi connectivity index (χ3n) is 5.15. The van der Waals surface area contributed by atoms with Gasteiger partial charge in [-0.25, -0.2) is 0 Å². The van der Waals surface area contributed by atoms with E-state index >= 15 is 0 Å². The van der Waals surface area contributed by atoms with Crippen molar-refractivity contribution in [3.63, 3.8) is 0 Å². The molecule has 4 nitrogen and oxygen atoms in total. The van der Waals surface area contributed by atoms with Crippen LogP contribution in [-0.2, 0) is 21.9 Å². The van der Waals surface area contributed by atoms with Gasteiger partial charge >= 0.3 is 0 Å². The molecule has 162 valence electrons. The zero-order valence-electron chi connectivity index (χ0n) is 18.3. The highest BCUT2D eigenvalue weighted by atomic mass is 32.2. The van der Waals surface area contributed by atoms with E-state index < -0.39 is 6.04 Å². The Bertz CT molecular complexity index is 767. The van der Waals surface area contributed by atoms with E-state index in [1.54, 1.807) is 16.7 Å². The summed E-state index contributed by atoms with van der Waals surface area (Å²) in [5.41, 5.74) is 2.30. The summed E-state index contributed by atoms with van der Waals surface area (Å²) < 4.78 is 0. The highest BCUT2D eigenvalue weighted by molar-refractivity contribution is 7.98. The van der Waals surface area contributed by atoms with Crippen molar-refractivity contribution in [1.29, 1.82) is 0 Å². The monoisotopic (exact) mass is 426 g/mol. The van der Waals surface area contributed by atoms with Gasteiger partial charge in [-0.1, -0.05) is 74.5 Å². The van der Waals surface area contributed by atoms with Gasteiger partial charge in [0.1, 0.15) is 6.04 Å². The molecule has 0 fully saturated rings. The van der Waals surface area contributed by atoms with Crippen LogP contribution in [0.4, 0.5) is 0 Å². The summed E-state index contributed by atoms with van der Waals surface area (Å²) in [6.45, 7) is 6.46. The molecule has 2 unspecified atom stereocenters. The fourth-order valence-electron chi connectivity index (χ4n) is 3.21. The van der Waals surface area contributed by atoms with E-state index in [1.807, 2.05) is 69.3 Å². The Kier molecular flexibility index (Phi) is 10.5. The van der Waals surface area contributed by atoms with Gasteiger partial charge in [0.25, 0.3) is 0 Å². The summed E-state index contributed by atoms with van der Waals surface area (Å²) in [7, 11) is 0. The summed E-state index contributed by atoms with van der Waals surface area (Å²) in [5.74, 6) is 1.60. The molecule has 2 amide bonds. The molecule has 0 spiro atoms. The van der Waals surface area contributed by atoms with E-state index in [-0.39, 0.29) is 17.9 Å². The lowest BCUT2D eigenvalue weighted by Gasteiger charge is -2.31. The minimum absolute atomic E-state index is 0.0329. The van der Waals surface area contributed by atoms with Crippen molar-refractivity contribution in [3.8, 4) is 0 Å². The lowest BCUT2D eigenvalue weighted by Crippen LogP contribution is -2.50. The molecular formula is C25H34N2O2S. The van der Waals surface area contributed by atoms with Crippen molar-refractivity contribution >= 4 is 23.6 Å². The first-order valence-electron chi connectivity index (χ1n) is 10.8. The Morgan fingerprint density at radius 3 is 2.10 bits per heavy atom. The number of amides is 2. The van der Waals surface area contributed by atoms with Gasteiger partial charge in [0.05, 0.1) is 0 Å². The summed E-state index contributed by atoms with van der Waals surface area (Å²) in [6.07, 6.45) is 1.89. The molecule has 0 bridgehead atoms. The van der Waals surface area contributed by atoms with Crippen LogP contribution >= 0.6 is 11.8 Å². The molecule has 0 aliphatic heterocycles. The number of benzene rings is 2. The molecule has 5 heteroatoms. The Morgan fingerprint density at radius 2 is 1.53 bits per heavy atom.